The number of hydrogen-bond donors (Lipinski definition) is 3. The summed E-state index contributed by atoms with van der Waals surface area (Å²) in [5, 5.41) is 8.32. The molecule has 1 unspecified atom stereocenters. The highest BCUT2D eigenvalue weighted by atomic mass is 16.2. The lowest BCUT2D eigenvalue weighted by Crippen LogP contribution is -2.51. The summed E-state index contributed by atoms with van der Waals surface area (Å²) in [6.45, 7) is 3.68. The fourth-order valence-corrected chi connectivity index (χ4v) is 1.39. The first kappa shape index (κ1) is 11.0. The molecule has 1 rings (SSSR count). The highest BCUT2D eigenvalue weighted by Crippen LogP contribution is 2.02. The Labute approximate surface area is 83.6 Å². The third kappa shape index (κ3) is 3.33. The summed E-state index contributed by atoms with van der Waals surface area (Å²) in [6.07, 6.45) is 1.67. The van der Waals surface area contributed by atoms with Gasteiger partial charge >= 0.3 is 0 Å². The van der Waals surface area contributed by atoms with Crippen LogP contribution in [0, 0.1) is 0 Å². The van der Waals surface area contributed by atoms with E-state index in [1.165, 1.54) is 0 Å². The molecule has 0 aliphatic carbocycles. The Balaban J connectivity index is 2.27. The minimum Gasteiger partial charge on any atom is -0.354 e. The Morgan fingerprint density at radius 1 is 1.64 bits per heavy atom. The first-order chi connectivity index (χ1) is 6.74. The molecule has 1 aliphatic heterocycles. The third-order valence-corrected chi connectivity index (χ3v) is 2.16. The summed E-state index contributed by atoms with van der Waals surface area (Å²) in [5.41, 5.74) is 0. The number of rotatable bonds is 4. The zero-order chi connectivity index (χ0) is 10.4. The van der Waals surface area contributed by atoms with Crippen molar-refractivity contribution in [2.45, 2.75) is 25.8 Å². The van der Waals surface area contributed by atoms with Gasteiger partial charge in [-0.1, -0.05) is 6.92 Å². The van der Waals surface area contributed by atoms with Gasteiger partial charge in [-0.05, 0) is 19.4 Å². The van der Waals surface area contributed by atoms with E-state index in [2.05, 4.69) is 16.0 Å². The molecule has 14 heavy (non-hydrogen) atoms. The average molecular weight is 199 g/mol. The Hall–Kier alpha value is -1.10. The van der Waals surface area contributed by atoms with Gasteiger partial charge in [0.2, 0.25) is 11.8 Å². The molecule has 5 nitrogen and oxygen atoms in total. The van der Waals surface area contributed by atoms with Crippen molar-refractivity contribution < 1.29 is 9.59 Å². The van der Waals surface area contributed by atoms with Gasteiger partial charge in [0.25, 0.3) is 0 Å². The lowest BCUT2D eigenvalue weighted by atomic mass is 10.1. The molecule has 1 heterocycles. The molecule has 1 atom stereocenters. The fourth-order valence-electron chi connectivity index (χ4n) is 1.39. The predicted octanol–water partition coefficient (Wildman–Crippen LogP) is -1.01. The van der Waals surface area contributed by atoms with Gasteiger partial charge in [-0.2, -0.15) is 0 Å². The molecule has 1 fully saturated rings. The highest BCUT2D eigenvalue weighted by molar-refractivity contribution is 5.88. The molecule has 0 aromatic heterocycles. The van der Waals surface area contributed by atoms with E-state index >= 15 is 0 Å². The van der Waals surface area contributed by atoms with Crippen LogP contribution in [0.15, 0.2) is 0 Å². The molecule has 1 aliphatic rings. The number of carbonyl (C=O) groups is 2. The SMILES string of the molecule is CCNCC(=O)NC1CCCNC1=O. The van der Waals surface area contributed by atoms with E-state index < -0.39 is 0 Å². The molecule has 2 amide bonds. The first-order valence-corrected chi connectivity index (χ1v) is 5.02. The summed E-state index contributed by atoms with van der Waals surface area (Å²) in [5.74, 6) is -0.185. The van der Waals surface area contributed by atoms with E-state index in [9.17, 15) is 9.59 Å². The zero-order valence-electron chi connectivity index (χ0n) is 8.43. The third-order valence-electron chi connectivity index (χ3n) is 2.16. The van der Waals surface area contributed by atoms with Crippen LogP contribution in [-0.4, -0.2) is 37.5 Å². The van der Waals surface area contributed by atoms with Crippen LogP contribution in [0.25, 0.3) is 0 Å². The minimum absolute atomic E-state index is 0.0684. The summed E-state index contributed by atoms with van der Waals surface area (Å²) in [7, 11) is 0. The van der Waals surface area contributed by atoms with E-state index in [1.54, 1.807) is 0 Å². The molecule has 0 bridgehead atoms. The molecular weight excluding hydrogens is 182 g/mol. The standard InChI is InChI=1S/C9H17N3O2/c1-2-10-6-8(13)12-7-4-3-5-11-9(7)14/h7,10H,2-6H2,1H3,(H,11,14)(H,12,13). The zero-order valence-corrected chi connectivity index (χ0v) is 8.43. The molecule has 5 heteroatoms. The maximum Gasteiger partial charge on any atom is 0.242 e. The lowest BCUT2D eigenvalue weighted by molar-refractivity contribution is -0.129. The van der Waals surface area contributed by atoms with Crippen molar-refractivity contribution in [3.05, 3.63) is 0 Å². The van der Waals surface area contributed by atoms with Crippen molar-refractivity contribution in [3.63, 3.8) is 0 Å². The monoisotopic (exact) mass is 199 g/mol. The number of nitrogens with one attached hydrogen (secondary N) is 3. The van der Waals surface area contributed by atoms with Crippen LogP contribution in [0.2, 0.25) is 0 Å². The summed E-state index contributed by atoms with van der Waals surface area (Å²) in [4.78, 5) is 22.5. The Kier molecular flexibility index (Phi) is 4.39. The molecule has 0 saturated carbocycles. The maximum absolute atomic E-state index is 11.3. The van der Waals surface area contributed by atoms with Crippen molar-refractivity contribution in [3.8, 4) is 0 Å². The van der Waals surface area contributed by atoms with Crippen LogP contribution < -0.4 is 16.0 Å². The van der Waals surface area contributed by atoms with E-state index in [1.807, 2.05) is 6.92 Å². The number of hydrogen-bond acceptors (Lipinski definition) is 3. The van der Waals surface area contributed by atoms with Crippen LogP contribution in [0.3, 0.4) is 0 Å². The van der Waals surface area contributed by atoms with Crippen LogP contribution >= 0.6 is 0 Å². The van der Waals surface area contributed by atoms with Crippen LogP contribution in [0.4, 0.5) is 0 Å². The second kappa shape index (κ2) is 5.59. The second-order valence-electron chi connectivity index (χ2n) is 3.33. The van der Waals surface area contributed by atoms with Crippen molar-refractivity contribution >= 4 is 11.8 Å². The molecule has 0 aromatic rings. The van der Waals surface area contributed by atoms with Crippen molar-refractivity contribution in [1.29, 1.82) is 0 Å². The van der Waals surface area contributed by atoms with Gasteiger partial charge in [-0.3, -0.25) is 9.59 Å². The van der Waals surface area contributed by atoms with Crippen LogP contribution in [0.1, 0.15) is 19.8 Å². The van der Waals surface area contributed by atoms with Gasteiger partial charge in [0, 0.05) is 6.54 Å². The van der Waals surface area contributed by atoms with Crippen molar-refractivity contribution in [1.82, 2.24) is 16.0 Å². The Morgan fingerprint density at radius 2 is 2.43 bits per heavy atom. The predicted molar refractivity (Wildman–Crippen MR) is 52.7 cm³/mol. The number of carbonyl (C=O) groups excluding carboxylic acids is 2. The lowest BCUT2D eigenvalue weighted by Gasteiger charge is -2.22. The second-order valence-corrected chi connectivity index (χ2v) is 3.33. The van der Waals surface area contributed by atoms with Gasteiger partial charge in [0.1, 0.15) is 6.04 Å². The topological polar surface area (TPSA) is 70.2 Å². The maximum atomic E-state index is 11.3. The van der Waals surface area contributed by atoms with E-state index in [0.29, 0.717) is 0 Å². The van der Waals surface area contributed by atoms with Gasteiger partial charge in [0.05, 0.1) is 6.54 Å². The molecule has 0 aromatic carbocycles. The molecular formula is C9H17N3O2. The summed E-state index contributed by atoms with van der Waals surface area (Å²) >= 11 is 0. The molecule has 80 valence electrons. The van der Waals surface area contributed by atoms with Gasteiger partial charge in [0.15, 0.2) is 0 Å². The summed E-state index contributed by atoms with van der Waals surface area (Å²) < 4.78 is 0. The molecule has 0 spiro atoms. The molecule has 3 N–H and O–H groups in total. The van der Waals surface area contributed by atoms with Gasteiger partial charge in [-0.15, -0.1) is 0 Å². The van der Waals surface area contributed by atoms with E-state index in [0.717, 1.165) is 25.9 Å². The van der Waals surface area contributed by atoms with E-state index in [-0.39, 0.29) is 24.4 Å². The normalized spacial score (nSPS) is 21.5. The smallest absolute Gasteiger partial charge is 0.242 e. The van der Waals surface area contributed by atoms with Gasteiger partial charge < -0.3 is 16.0 Å². The van der Waals surface area contributed by atoms with Crippen LogP contribution in [0.5, 0.6) is 0 Å². The first-order valence-electron chi connectivity index (χ1n) is 5.02. The number of amides is 2. The highest BCUT2D eigenvalue weighted by Gasteiger charge is 2.22. The van der Waals surface area contributed by atoms with Crippen molar-refractivity contribution in [2.75, 3.05) is 19.6 Å². The van der Waals surface area contributed by atoms with E-state index in [4.69, 9.17) is 0 Å². The Bertz CT molecular complexity index is 218. The molecule has 0 radical (unpaired) electrons. The molecule has 1 saturated heterocycles. The van der Waals surface area contributed by atoms with Crippen molar-refractivity contribution in [2.24, 2.45) is 0 Å². The van der Waals surface area contributed by atoms with Crippen LogP contribution in [-0.2, 0) is 9.59 Å². The quantitative estimate of drug-likeness (QED) is 0.543. The summed E-state index contributed by atoms with van der Waals surface area (Å²) in [6, 6.07) is -0.338. The number of piperidine rings is 1. The number of likely N-dealkylation sites (N-methyl/N-ethyl adjacent to an activating group) is 1. The largest absolute Gasteiger partial charge is 0.354 e. The Morgan fingerprint density at radius 3 is 3.07 bits per heavy atom. The average Bonchev–Trinajstić information content (AvgIpc) is 2.18. The fraction of sp³-hybridized carbons (Fsp3) is 0.778. The minimum atomic E-state index is -0.338. The van der Waals surface area contributed by atoms with Gasteiger partial charge in [-0.25, -0.2) is 0 Å².